The molecular formula is C16H23F2N3O. The molecule has 1 aromatic rings. The molecule has 0 aromatic heterocycles. The molecule has 0 amide bonds. The Labute approximate surface area is 130 Å². The van der Waals surface area contributed by atoms with Gasteiger partial charge in [0.25, 0.3) is 0 Å². The van der Waals surface area contributed by atoms with Gasteiger partial charge in [0.1, 0.15) is 11.6 Å². The molecule has 0 saturated carbocycles. The summed E-state index contributed by atoms with van der Waals surface area (Å²) < 4.78 is 32.1. The predicted molar refractivity (Wildman–Crippen MR) is 82.7 cm³/mol. The first-order valence-corrected chi connectivity index (χ1v) is 7.60. The number of guanidine groups is 1. The summed E-state index contributed by atoms with van der Waals surface area (Å²) in [7, 11) is 1.70. The van der Waals surface area contributed by atoms with Gasteiger partial charge in [-0.05, 0) is 31.5 Å². The van der Waals surface area contributed by atoms with E-state index in [1.165, 1.54) is 6.07 Å². The van der Waals surface area contributed by atoms with Gasteiger partial charge in [-0.25, -0.2) is 13.8 Å². The van der Waals surface area contributed by atoms with E-state index in [1.54, 1.807) is 7.11 Å². The van der Waals surface area contributed by atoms with E-state index in [9.17, 15) is 8.78 Å². The molecule has 1 atom stereocenters. The Hall–Kier alpha value is -1.69. The topological polar surface area (TPSA) is 36.9 Å². The van der Waals surface area contributed by atoms with Crippen molar-refractivity contribution in [2.24, 2.45) is 10.9 Å². The van der Waals surface area contributed by atoms with Gasteiger partial charge >= 0.3 is 0 Å². The first-order chi connectivity index (χ1) is 10.6. The van der Waals surface area contributed by atoms with Crippen LogP contribution in [0, 0.1) is 17.6 Å². The van der Waals surface area contributed by atoms with E-state index in [2.05, 4.69) is 15.2 Å². The lowest BCUT2D eigenvalue weighted by molar-refractivity contribution is 0.157. The average molecular weight is 311 g/mol. The third kappa shape index (κ3) is 4.40. The minimum absolute atomic E-state index is 0.122. The maximum absolute atomic E-state index is 13.7. The van der Waals surface area contributed by atoms with Gasteiger partial charge in [-0.15, -0.1) is 0 Å². The third-order valence-electron chi connectivity index (χ3n) is 3.73. The molecule has 0 aliphatic carbocycles. The summed E-state index contributed by atoms with van der Waals surface area (Å²) in [5, 5.41) is 3.21. The molecule has 1 N–H and O–H groups in total. The Morgan fingerprint density at radius 2 is 2.27 bits per heavy atom. The van der Waals surface area contributed by atoms with Gasteiger partial charge in [0.05, 0.1) is 13.2 Å². The van der Waals surface area contributed by atoms with Gasteiger partial charge in [0, 0.05) is 38.2 Å². The molecule has 1 aromatic carbocycles. The number of hydrogen-bond acceptors (Lipinski definition) is 2. The first-order valence-electron chi connectivity index (χ1n) is 7.60. The van der Waals surface area contributed by atoms with Crippen molar-refractivity contribution in [2.45, 2.75) is 19.9 Å². The van der Waals surface area contributed by atoms with Gasteiger partial charge in [-0.1, -0.05) is 0 Å². The van der Waals surface area contributed by atoms with Gasteiger partial charge in [0.2, 0.25) is 0 Å². The van der Waals surface area contributed by atoms with Crippen molar-refractivity contribution >= 4 is 5.96 Å². The Kier molecular flexibility index (Phi) is 6.12. The van der Waals surface area contributed by atoms with Gasteiger partial charge < -0.3 is 15.0 Å². The highest BCUT2D eigenvalue weighted by Crippen LogP contribution is 2.17. The van der Waals surface area contributed by atoms with Crippen LogP contribution < -0.4 is 5.32 Å². The molecule has 6 heteroatoms. The molecule has 1 aliphatic rings. The van der Waals surface area contributed by atoms with E-state index < -0.39 is 11.6 Å². The van der Waals surface area contributed by atoms with Crippen LogP contribution in [0.5, 0.6) is 0 Å². The third-order valence-corrected chi connectivity index (χ3v) is 3.73. The molecule has 122 valence electrons. The number of benzene rings is 1. The zero-order chi connectivity index (χ0) is 15.9. The number of ether oxygens (including phenoxy) is 1. The molecule has 2 rings (SSSR count). The minimum atomic E-state index is -0.446. The lowest BCUT2D eigenvalue weighted by atomic mass is 10.1. The van der Waals surface area contributed by atoms with Crippen LogP contribution in [0.4, 0.5) is 8.78 Å². The quantitative estimate of drug-likeness (QED) is 0.670. The maximum atomic E-state index is 13.7. The van der Waals surface area contributed by atoms with Crippen LogP contribution in [0.3, 0.4) is 0 Å². The number of nitrogens with zero attached hydrogens (tertiary/aromatic N) is 2. The standard InChI is InChI=1S/C16H23F2N3O/c1-3-19-16(21-7-6-12(10-21)11-22-2)20-9-13-8-14(17)4-5-15(13)18/h4-5,8,12H,3,6-7,9-11H2,1-2H3,(H,19,20). The first kappa shape index (κ1) is 16.7. The Bertz CT molecular complexity index is 522. The number of nitrogens with one attached hydrogen (secondary N) is 1. The van der Waals surface area contributed by atoms with E-state index in [1.807, 2.05) is 6.92 Å². The van der Waals surface area contributed by atoms with Crippen LogP contribution in [0.2, 0.25) is 0 Å². The van der Waals surface area contributed by atoms with Gasteiger partial charge in [-0.3, -0.25) is 0 Å². The van der Waals surface area contributed by atoms with Crippen LogP contribution >= 0.6 is 0 Å². The summed E-state index contributed by atoms with van der Waals surface area (Å²) in [6.45, 7) is 5.33. The Balaban J connectivity index is 2.05. The lowest BCUT2D eigenvalue weighted by Gasteiger charge is -2.21. The number of methoxy groups -OCH3 is 1. The van der Waals surface area contributed by atoms with Gasteiger partial charge in [-0.2, -0.15) is 0 Å². The smallest absolute Gasteiger partial charge is 0.194 e. The van der Waals surface area contributed by atoms with Crippen LogP contribution in [-0.2, 0) is 11.3 Å². The second-order valence-electron chi connectivity index (χ2n) is 5.46. The van der Waals surface area contributed by atoms with Crippen molar-refractivity contribution in [3.05, 3.63) is 35.4 Å². The fraction of sp³-hybridized carbons (Fsp3) is 0.562. The van der Waals surface area contributed by atoms with Gasteiger partial charge in [0.15, 0.2) is 5.96 Å². The van der Waals surface area contributed by atoms with Crippen LogP contribution in [-0.4, -0.2) is 44.2 Å². The molecule has 22 heavy (non-hydrogen) atoms. The van der Waals surface area contributed by atoms with E-state index in [-0.39, 0.29) is 12.1 Å². The minimum Gasteiger partial charge on any atom is -0.384 e. The molecule has 1 saturated heterocycles. The summed E-state index contributed by atoms with van der Waals surface area (Å²) in [5.74, 6) is 0.349. The van der Waals surface area contributed by atoms with Crippen LogP contribution in [0.1, 0.15) is 18.9 Å². The number of hydrogen-bond donors (Lipinski definition) is 1. The summed E-state index contributed by atoms with van der Waals surface area (Å²) in [6.07, 6.45) is 1.05. The maximum Gasteiger partial charge on any atom is 0.194 e. The lowest BCUT2D eigenvalue weighted by Crippen LogP contribution is -2.40. The van der Waals surface area contributed by atoms with Crippen LogP contribution in [0.25, 0.3) is 0 Å². The molecule has 1 fully saturated rings. The highest BCUT2D eigenvalue weighted by Gasteiger charge is 2.24. The van der Waals surface area contributed by atoms with E-state index in [4.69, 9.17) is 4.74 Å². The molecule has 4 nitrogen and oxygen atoms in total. The highest BCUT2D eigenvalue weighted by molar-refractivity contribution is 5.80. The second-order valence-corrected chi connectivity index (χ2v) is 5.46. The monoisotopic (exact) mass is 311 g/mol. The Morgan fingerprint density at radius 1 is 1.45 bits per heavy atom. The number of aliphatic imine (C=N–C) groups is 1. The summed E-state index contributed by atoms with van der Waals surface area (Å²) in [4.78, 5) is 6.59. The van der Waals surface area contributed by atoms with Crippen LogP contribution in [0.15, 0.2) is 23.2 Å². The van der Waals surface area contributed by atoms with E-state index in [0.717, 1.165) is 50.8 Å². The summed E-state index contributed by atoms with van der Waals surface area (Å²) in [6, 6.07) is 3.45. The molecule has 1 aliphatic heterocycles. The average Bonchev–Trinajstić information content (AvgIpc) is 2.95. The Morgan fingerprint density at radius 3 is 3.00 bits per heavy atom. The fourth-order valence-corrected chi connectivity index (χ4v) is 2.65. The molecular weight excluding hydrogens is 288 g/mol. The van der Waals surface area contributed by atoms with Crippen molar-refractivity contribution in [3.8, 4) is 0 Å². The SMILES string of the molecule is CCNC(=NCc1cc(F)ccc1F)N1CCC(COC)C1. The molecule has 0 spiro atoms. The van der Waals surface area contributed by atoms with Crippen molar-refractivity contribution in [2.75, 3.05) is 33.4 Å². The highest BCUT2D eigenvalue weighted by atomic mass is 19.1. The zero-order valence-electron chi connectivity index (χ0n) is 13.1. The summed E-state index contributed by atoms with van der Waals surface area (Å²) >= 11 is 0. The largest absolute Gasteiger partial charge is 0.384 e. The fourth-order valence-electron chi connectivity index (χ4n) is 2.65. The molecule has 1 heterocycles. The zero-order valence-corrected chi connectivity index (χ0v) is 13.1. The number of halogens is 2. The van der Waals surface area contributed by atoms with Crippen molar-refractivity contribution < 1.29 is 13.5 Å². The number of rotatable bonds is 5. The second kappa shape index (κ2) is 8.08. The molecule has 1 unspecified atom stereocenters. The summed E-state index contributed by atoms with van der Waals surface area (Å²) in [5.41, 5.74) is 0.267. The predicted octanol–water partition coefficient (Wildman–Crippen LogP) is 2.40. The van der Waals surface area contributed by atoms with Crippen molar-refractivity contribution in [3.63, 3.8) is 0 Å². The molecule has 0 bridgehead atoms. The van der Waals surface area contributed by atoms with Crippen molar-refractivity contribution in [1.82, 2.24) is 10.2 Å². The normalized spacial score (nSPS) is 18.8. The molecule has 0 radical (unpaired) electrons. The van der Waals surface area contributed by atoms with E-state index in [0.29, 0.717) is 5.92 Å². The number of likely N-dealkylation sites (tertiary alicyclic amines) is 1. The van der Waals surface area contributed by atoms with Crippen molar-refractivity contribution in [1.29, 1.82) is 0 Å². The van der Waals surface area contributed by atoms with E-state index >= 15 is 0 Å².